The van der Waals surface area contributed by atoms with E-state index in [2.05, 4.69) is 26.6 Å². The minimum atomic E-state index is -4.37. The molecule has 0 radical (unpaired) electrons. The number of rotatable bonds is 7. The summed E-state index contributed by atoms with van der Waals surface area (Å²) in [7, 11) is 1.59. The second-order valence-electron chi connectivity index (χ2n) is 3.86. The van der Waals surface area contributed by atoms with Crippen molar-refractivity contribution in [1.82, 2.24) is 5.32 Å². The summed E-state index contributed by atoms with van der Waals surface area (Å²) >= 11 is 3.05. The smallest absolute Gasteiger partial charge is 0.383 e. The van der Waals surface area contributed by atoms with Gasteiger partial charge in [0.25, 0.3) is 0 Å². The van der Waals surface area contributed by atoms with Gasteiger partial charge in [-0.05, 0) is 18.2 Å². The summed E-state index contributed by atoms with van der Waals surface area (Å²) in [6, 6.07) is 4.07. The Hall–Kier alpha value is -0.790. The maximum absolute atomic E-state index is 12.8. The number of methoxy groups -OCH3 is 1. The zero-order valence-electron chi connectivity index (χ0n) is 10.5. The Morgan fingerprint density at radius 1 is 1.21 bits per heavy atom. The molecule has 0 fully saturated rings. The van der Waals surface area contributed by atoms with Crippen molar-refractivity contribution < 1.29 is 17.9 Å². The van der Waals surface area contributed by atoms with Crippen LogP contribution in [0.1, 0.15) is 5.56 Å². The van der Waals surface area contributed by atoms with Crippen LogP contribution in [0.15, 0.2) is 22.7 Å². The first-order valence-corrected chi connectivity index (χ1v) is 6.54. The quantitative estimate of drug-likeness (QED) is 0.748. The minimum Gasteiger partial charge on any atom is -0.383 e. The highest BCUT2D eigenvalue weighted by Crippen LogP contribution is 2.36. The highest BCUT2D eigenvalue weighted by Gasteiger charge is 2.33. The molecule has 0 saturated heterocycles. The Morgan fingerprint density at radius 2 is 1.95 bits per heavy atom. The van der Waals surface area contributed by atoms with Gasteiger partial charge in [-0.3, -0.25) is 0 Å². The molecule has 3 nitrogen and oxygen atoms in total. The summed E-state index contributed by atoms with van der Waals surface area (Å²) in [5, 5.41) is 5.83. The van der Waals surface area contributed by atoms with Crippen molar-refractivity contribution in [3.63, 3.8) is 0 Å². The van der Waals surface area contributed by atoms with E-state index in [1.54, 1.807) is 13.2 Å². The van der Waals surface area contributed by atoms with Crippen LogP contribution in [0.2, 0.25) is 0 Å². The van der Waals surface area contributed by atoms with Gasteiger partial charge in [-0.2, -0.15) is 13.2 Å². The van der Waals surface area contributed by atoms with Gasteiger partial charge in [0.05, 0.1) is 12.2 Å². The predicted molar refractivity (Wildman–Crippen MR) is 72.4 cm³/mol. The lowest BCUT2D eigenvalue weighted by Crippen LogP contribution is -2.26. The van der Waals surface area contributed by atoms with Crippen LogP contribution >= 0.6 is 15.9 Å². The molecule has 0 atom stereocenters. The highest BCUT2D eigenvalue weighted by molar-refractivity contribution is 9.10. The lowest BCUT2D eigenvalue weighted by atomic mass is 10.1. The standard InChI is InChI=1S/C12H16BrF3N2O/c1-19-7-6-17-4-5-18-11-3-2-9(13)8-10(11)12(14,15)16/h2-3,8,17-18H,4-7H2,1H3. The monoisotopic (exact) mass is 340 g/mol. The highest BCUT2D eigenvalue weighted by atomic mass is 79.9. The summed E-state index contributed by atoms with van der Waals surface area (Å²) in [5.74, 6) is 0. The lowest BCUT2D eigenvalue weighted by molar-refractivity contribution is -0.137. The van der Waals surface area contributed by atoms with Gasteiger partial charge in [0, 0.05) is 36.9 Å². The van der Waals surface area contributed by atoms with Crippen molar-refractivity contribution in [2.75, 3.05) is 38.7 Å². The molecule has 0 unspecified atom stereocenters. The van der Waals surface area contributed by atoms with Crippen LogP contribution in [0.5, 0.6) is 0 Å². The van der Waals surface area contributed by atoms with E-state index < -0.39 is 11.7 Å². The predicted octanol–water partition coefficient (Wildman–Crippen LogP) is 3.12. The van der Waals surface area contributed by atoms with E-state index in [0.29, 0.717) is 30.7 Å². The second-order valence-corrected chi connectivity index (χ2v) is 4.77. The maximum atomic E-state index is 12.8. The van der Waals surface area contributed by atoms with Gasteiger partial charge in [0.2, 0.25) is 0 Å². The van der Waals surface area contributed by atoms with Crippen molar-refractivity contribution in [2.24, 2.45) is 0 Å². The number of nitrogens with one attached hydrogen (secondary N) is 2. The molecule has 0 saturated carbocycles. The summed E-state index contributed by atoms with van der Waals surface area (Å²) in [6.07, 6.45) is -4.37. The van der Waals surface area contributed by atoms with Crippen molar-refractivity contribution in [3.05, 3.63) is 28.2 Å². The van der Waals surface area contributed by atoms with E-state index in [9.17, 15) is 13.2 Å². The molecule has 0 spiro atoms. The first kappa shape index (κ1) is 16.3. The van der Waals surface area contributed by atoms with E-state index in [-0.39, 0.29) is 5.69 Å². The van der Waals surface area contributed by atoms with Crippen LogP contribution < -0.4 is 10.6 Å². The zero-order chi connectivity index (χ0) is 14.3. The van der Waals surface area contributed by atoms with Crippen LogP contribution in [-0.2, 0) is 10.9 Å². The Labute approximate surface area is 118 Å². The molecular formula is C12H16BrF3N2O. The molecule has 0 amide bonds. The van der Waals surface area contributed by atoms with Gasteiger partial charge in [-0.15, -0.1) is 0 Å². The molecule has 7 heteroatoms. The summed E-state index contributed by atoms with van der Waals surface area (Å²) in [5.41, 5.74) is -0.581. The van der Waals surface area contributed by atoms with Gasteiger partial charge in [0.15, 0.2) is 0 Å². The first-order valence-electron chi connectivity index (χ1n) is 5.75. The number of alkyl halides is 3. The zero-order valence-corrected chi connectivity index (χ0v) is 12.1. The molecule has 1 aromatic carbocycles. The second kappa shape index (κ2) is 7.72. The van der Waals surface area contributed by atoms with E-state index >= 15 is 0 Å². The fourth-order valence-electron chi connectivity index (χ4n) is 1.49. The number of hydrogen-bond donors (Lipinski definition) is 2. The van der Waals surface area contributed by atoms with E-state index in [1.807, 2.05) is 0 Å². The SMILES string of the molecule is COCCNCCNc1ccc(Br)cc1C(F)(F)F. The van der Waals surface area contributed by atoms with Crippen LogP contribution in [0.3, 0.4) is 0 Å². The Kier molecular flexibility index (Phi) is 6.60. The van der Waals surface area contributed by atoms with Crippen LogP contribution in [0, 0.1) is 0 Å². The third-order valence-corrected chi connectivity index (χ3v) is 2.88. The van der Waals surface area contributed by atoms with Gasteiger partial charge in [-0.25, -0.2) is 0 Å². The van der Waals surface area contributed by atoms with Crippen molar-refractivity contribution in [1.29, 1.82) is 0 Å². The molecule has 1 aromatic rings. The van der Waals surface area contributed by atoms with E-state index in [1.165, 1.54) is 6.07 Å². The summed E-state index contributed by atoms with van der Waals surface area (Å²) in [6.45, 7) is 2.22. The van der Waals surface area contributed by atoms with Crippen LogP contribution in [-0.4, -0.2) is 33.4 Å². The lowest BCUT2D eigenvalue weighted by Gasteiger charge is -2.15. The van der Waals surface area contributed by atoms with Gasteiger partial charge < -0.3 is 15.4 Å². The molecular weight excluding hydrogens is 325 g/mol. The van der Waals surface area contributed by atoms with Gasteiger partial charge >= 0.3 is 6.18 Å². The average molecular weight is 341 g/mol. The topological polar surface area (TPSA) is 33.3 Å². The summed E-state index contributed by atoms with van der Waals surface area (Å²) < 4.78 is 43.7. The molecule has 0 aliphatic rings. The average Bonchev–Trinajstić information content (AvgIpc) is 2.34. The normalized spacial score (nSPS) is 11.6. The van der Waals surface area contributed by atoms with Gasteiger partial charge in [-0.1, -0.05) is 15.9 Å². The number of halogens is 4. The van der Waals surface area contributed by atoms with E-state index in [4.69, 9.17) is 4.74 Å². The van der Waals surface area contributed by atoms with Crippen LogP contribution in [0.4, 0.5) is 18.9 Å². The number of anilines is 1. The molecule has 0 bridgehead atoms. The van der Waals surface area contributed by atoms with E-state index in [0.717, 1.165) is 6.07 Å². The third kappa shape index (κ3) is 5.80. The summed E-state index contributed by atoms with van der Waals surface area (Å²) in [4.78, 5) is 0. The Balaban J connectivity index is 2.54. The van der Waals surface area contributed by atoms with Crippen molar-refractivity contribution in [3.8, 4) is 0 Å². The maximum Gasteiger partial charge on any atom is 0.418 e. The molecule has 2 N–H and O–H groups in total. The Morgan fingerprint density at radius 3 is 2.58 bits per heavy atom. The molecule has 1 rings (SSSR count). The molecule has 0 heterocycles. The Bertz CT molecular complexity index is 399. The fraction of sp³-hybridized carbons (Fsp3) is 0.500. The van der Waals surface area contributed by atoms with Crippen LogP contribution in [0.25, 0.3) is 0 Å². The van der Waals surface area contributed by atoms with Crippen molar-refractivity contribution in [2.45, 2.75) is 6.18 Å². The molecule has 108 valence electrons. The molecule has 0 aliphatic carbocycles. The minimum absolute atomic E-state index is 0.0873. The first-order chi connectivity index (χ1) is 8.95. The molecule has 19 heavy (non-hydrogen) atoms. The third-order valence-electron chi connectivity index (χ3n) is 2.39. The number of benzene rings is 1. The molecule has 0 aromatic heterocycles. The largest absolute Gasteiger partial charge is 0.418 e. The van der Waals surface area contributed by atoms with Crippen molar-refractivity contribution >= 4 is 21.6 Å². The fourth-order valence-corrected chi connectivity index (χ4v) is 1.85. The number of hydrogen-bond acceptors (Lipinski definition) is 3. The number of ether oxygens (including phenoxy) is 1. The van der Waals surface area contributed by atoms with Gasteiger partial charge in [0.1, 0.15) is 0 Å². The molecule has 0 aliphatic heterocycles.